The second-order valence-corrected chi connectivity index (χ2v) is 7.72. The highest BCUT2D eigenvalue weighted by molar-refractivity contribution is 7.89. The Bertz CT molecular complexity index is 814. The van der Waals surface area contributed by atoms with Crippen LogP contribution >= 0.6 is 0 Å². The van der Waals surface area contributed by atoms with E-state index >= 15 is 0 Å². The third kappa shape index (κ3) is 4.37. The molecule has 1 saturated heterocycles. The molecule has 6 nitrogen and oxygen atoms in total. The number of amides is 1. The molecule has 0 saturated carbocycles. The Balaban J connectivity index is 1.56. The fourth-order valence-corrected chi connectivity index (χ4v) is 4.17. The monoisotopic (exact) mass is 360 g/mol. The predicted molar refractivity (Wildman–Crippen MR) is 95.0 cm³/mol. The van der Waals surface area contributed by atoms with Crippen molar-refractivity contribution in [3.05, 3.63) is 54.6 Å². The van der Waals surface area contributed by atoms with Gasteiger partial charge in [-0.3, -0.25) is 4.79 Å². The van der Waals surface area contributed by atoms with E-state index in [9.17, 15) is 13.2 Å². The zero-order chi connectivity index (χ0) is 17.7. The maximum atomic E-state index is 12.4. The van der Waals surface area contributed by atoms with Crippen LogP contribution in [-0.4, -0.2) is 38.3 Å². The number of hydrogen-bond donors (Lipinski definition) is 1. The molecule has 7 heteroatoms. The lowest BCUT2D eigenvalue weighted by atomic mass is 10.3. The van der Waals surface area contributed by atoms with Crippen molar-refractivity contribution in [2.24, 2.45) is 0 Å². The first-order chi connectivity index (χ1) is 12.1. The number of ether oxygens (including phenoxy) is 1. The lowest BCUT2D eigenvalue weighted by Crippen LogP contribution is -2.27. The highest BCUT2D eigenvalue weighted by atomic mass is 32.2. The van der Waals surface area contributed by atoms with Crippen molar-refractivity contribution in [2.45, 2.75) is 17.7 Å². The second kappa shape index (κ2) is 7.67. The highest BCUT2D eigenvalue weighted by Crippen LogP contribution is 2.22. The van der Waals surface area contributed by atoms with Crippen molar-refractivity contribution in [1.82, 2.24) is 4.31 Å². The highest BCUT2D eigenvalue weighted by Gasteiger charge is 2.26. The predicted octanol–water partition coefficient (Wildman–Crippen LogP) is 2.49. The van der Waals surface area contributed by atoms with Gasteiger partial charge in [-0.1, -0.05) is 18.2 Å². The van der Waals surface area contributed by atoms with Crippen molar-refractivity contribution in [3.8, 4) is 5.75 Å². The summed E-state index contributed by atoms with van der Waals surface area (Å²) in [7, 11) is -3.43. The van der Waals surface area contributed by atoms with Gasteiger partial charge in [0.05, 0.1) is 4.90 Å². The summed E-state index contributed by atoms with van der Waals surface area (Å²) < 4.78 is 31.8. The quantitative estimate of drug-likeness (QED) is 0.859. The van der Waals surface area contributed by atoms with Gasteiger partial charge in [-0.2, -0.15) is 4.31 Å². The van der Waals surface area contributed by atoms with Crippen LogP contribution in [0.3, 0.4) is 0 Å². The van der Waals surface area contributed by atoms with E-state index in [0.29, 0.717) is 24.5 Å². The Hall–Kier alpha value is -2.38. The lowest BCUT2D eigenvalue weighted by Gasteiger charge is -2.15. The van der Waals surface area contributed by atoms with E-state index in [1.165, 1.54) is 16.4 Å². The first-order valence-corrected chi connectivity index (χ1v) is 9.58. The summed E-state index contributed by atoms with van der Waals surface area (Å²) >= 11 is 0. The maximum Gasteiger partial charge on any atom is 0.262 e. The van der Waals surface area contributed by atoms with E-state index < -0.39 is 10.0 Å². The van der Waals surface area contributed by atoms with Gasteiger partial charge in [-0.25, -0.2) is 8.42 Å². The van der Waals surface area contributed by atoms with Crippen molar-refractivity contribution in [1.29, 1.82) is 0 Å². The lowest BCUT2D eigenvalue weighted by molar-refractivity contribution is -0.118. The number of carbonyl (C=O) groups excluding carboxylic acids is 1. The second-order valence-electron chi connectivity index (χ2n) is 5.79. The molecule has 3 rings (SSSR count). The first kappa shape index (κ1) is 17.4. The summed E-state index contributed by atoms with van der Waals surface area (Å²) in [5.74, 6) is 0.170. The fraction of sp³-hybridized carbons (Fsp3) is 0.278. The maximum absolute atomic E-state index is 12.4. The normalized spacial score (nSPS) is 15.0. The SMILES string of the molecule is O=C(COc1ccc(S(=O)(=O)N2CCCC2)cc1)Nc1ccccc1. The molecule has 0 radical (unpaired) electrons. The topological polar surface area (TPSA) is 75.7 Å². The average Bonchev–Trinajstić information content (AvgIpc) is 3.17. The number of hydrogen-bond acceptors (Lipinski definition) is 4. The minimum absolute atomic E-state index is 0.146. The van der Waals surface area contributed by atoms with Crippen LogP contribution in [0.1, 0.15) is 12.8 Å². The van der Waals surface area contributed by atoms with Crippen LogP contribution < -0.4 is 10.1 Å². The molecule has 0 unspecified atom stereocenters. The molecule has 1 aliphatic heterocycles. The molecule has 1 aliphatic rings. The Morgan fingerprint density at radius 3 is 2.28 bits per heavy atom. The molecule has 1 fully saturated rings. The van der Waals surface area contributed by atoms with Gasteiger partial charge in [0.1, 0.15) is 5.75 Å². The van der Waals surface area contributed by atoms with E-state index in [0.717, 1.165) is 12.8 Å². The first-order valence-electron chi connectivity index (χ1n) is 8.14. The summed E-state index contributed by atoms with van der Waals surface area (Å²) in [6, 6.07) is 15.3. The molecule has 132 valence electrons. The smallest absolute Gasteiger partial charge is 0.262 e. The standard InChI is InChI=1S/C18H20N2O4S/c21-18(19-15-6-2-1-3-7-15)14-24-16-8-10-17(11-9-16)25(22,23)20-12-4-5-13-20/h1-3,6-11H,4-5,12-14H2,(H,19,21). The Kier molecular flexibility index (Phi) is 5.35. The Morgan fingerprint density at radius 1 is 1.00 bits per heavy atom. The van der Waals surface area contributed by atoms with E-state index in [4.69, 9.17) is 4.74 Å². The van der Waals surface area contributed by atoms with Crippen LogP contribution in [-0.2, 0) is 14.8 Å². The molecular weight excluding hydrogens is 340 g/mol. The Labute approximate surface area is 147 Å². The van der Waals surface area contributed by atoms with Crippen molar-refractivity contribution in [3.63, 3.8) is 0 Å². The number of rotatable bonds is 6. The van der Waals surface area contributed by atoms with Gasteiger partial charge in [-0.15, -0.1) is 0 Å². The zero-order valence-electron chi connectivity index (χ0n) is 13.7. The molecule has 0 spiro atoms. The van der Waals surface area contributed by atoms with Crippen LogP contribution in [0.25, 0.3) is 0 Å². The van der Waals surface area contributed by atoms with Gasteiger partial charge in [0.2, 0.25) is 10.0 Å². The molecule has 1 N–H and O–H groups in total. The summed E-state index contributed by atoms with van der Waals surface area (Å²) in [5, 5.41) is 2.72. The molecule has 1 amide bonds. The molecule has 0 atom stereocenters. The molecule has 2 aromatic carbocycles. The number of carbonyl (C=O) groups is 1. The molecule has 0 aromatic heterocycles. The number of benzene rings is 2. The van der Waals surface area contributed by atoms with Gasteiger partial charge >= 0.3 is 0 Å². The zero-order valence-corrected chi connectivity index (χ0v) is 14.5. The number of para-hydroxylation sites is 1. The van der Waals surface area contributed by atoms with Crippen LogP contribution in [0.2, 0.25) is 0 Å². The molecule has 0 bridgehead atoms. The van der Waals surface area contributed by atoms with Crippen LogP contribution in [0.4, 0.5) is 5.69 Å². The third-order valence-electron chi connectivity index (χ3n) is 3.95. The van der Waals surface area contributed by atoms with Crippen LogP contribution in [0.15, 0.2) is 59.5 Å². The number of anilines is 1. The van der Waals surface area contributed by atoms with Crippen molar-refractivity contribution >= 4 is 21.6 Å². The third-order valence-corrected chi connectivity index (χ3v) is 5.87. The van der Waals surface area contributed by atoms with Crippen molar-refractivity contribution in [2.75, 3.05) is 25.0 Å². The van der Waals surface area contributed by atoms with E-state index in [1.54, 1.807) is 24.3 Å². The molecular formula is C18H20N2O4S. The summed E-state index contributed by atoms with van der Waals surface area (Å²) in [5.41, 5.74) is 0.697. The van der Waals surface area contributed by atoms with Gasteiger partial charge in [-0.05, 0) is 49.2 Å². The minimum Gasteiger partial charge on any atom is -0.484 e. The van der Waals surface area contributed by atoms with Crippen molar-refractivity contribution < 1.29 is 17.9 Å². The minimum atomic E-state index is -3.43. The number of sulfonamides is 1. The number of nitrogens with zero attached hydrogens (tertiary/aromatic N) is 1. The van der Waals surface area contributed by atoms with E-state index in [-0.39, 0.29) is 17.4 Å². The molecule has 1 heterocycles. The van der Waals surface area contributed by atoms with Gasteiger partial charge in [0.25, 0.3) is 5.91 Å². The van der Waals surface area contributed by atoms with Gasteiger partial charge in [0.15, 0.2) is 6.61 Å². The van der Waals surface area contributed by atoms with Crippen LogP contribution in [0, 0.1) is 0 Å². The van der Waals surface area contributed by atoms with Gasteiger partial charge in [0, 0.05) is 18.8 Å². The summed E-state index contributed by atoms with van der Waals surface area (Å²) in [6.07, 6.45) is 1.80. The van der Waals surface area contributed by atoms with Crippen LogP contribution in [0.5, 0.6) is 5.75 Å². The number of nitrogens with one attached hydrogen (secondary N) is 1. The summed E-state index contributed by atoms with van der Waals surface area (Å²) in [4.78, 5) is 12.1. The Morgan fingerprint density at radius 2 is 1.64 bits per heavy atom. The van der Waals surface area contributed by atoms with Gasteiger partial charge < -0.3 is 10.1 Å². The molecule has 0 aliphatic carbocycles. The molecule has 2 aromatic rings. The summed E-state index contributed by atoms with van der Waals surface area (Å²) in [6.45, 7) is 0.994. The fourth-order valence-electron chi connectivity index (χ4n) is 2.65. The average molecular weight is 360 g/mol. The largest absolute Gasteiger partial charge is 0.484 e. The van der Waals surface area contributed by atoms with E-state index in [2.05, 4.69) is 5.32 Å². The molecule has 25 heavy (non-hydrogen) atoms. The van der Waals surface area contributed by atoms with E-state index in [1.807, 2.05) is 18.2 Å².